The Morgan fingerprint density at radius 1 is 1.27 bits per heavy atom. The number of alkyl halides is 3. The quantitative estimate of drug-likeness (QED) is 0.768. The highest BCUT2D eigenvalue weighted by Crippen LogP contribution is 2.43. The van der Waals surface area contributed by atoms with E-state index in [9.17, 15) is 22.8 Å². The fraction of sp³-hybridized carbons (Fsp3) is 0.400. The zero-order valence-corrected chi connectivity index (χ0v) is 15.8. The van der Waals surface area contributed by atoms with Gasteiger partial charge in [0.25, 0.3) is 11.5 Å². The number of pyridine rings is 1. The Morgan fingerprint density at radius 2 is 1.97 bits per heavy atom. The standard InChI is InChI=1S/C20H19F3N2O5/c21-20(22,23)16-14(7-15(17(24)26)18(27)25-16)11-1-3-12(4-2-11)29-9-13-8-28-10-19(30-13)5-6-19/h1-4,7,13H,5-6,8-10H2,(H2,24,26)(H,25,27). The summed E-state index contributed by atoms with van der Waals surface area (Å²) in [6.07, 6.45) is -3.11. The fourth-order valence-electron chi connectivity index (χ4n) is 3.37. The molecule has 1 saturated heterocycles. The van der Waals surface area contributed by atoms with E-state index in [4.69, 9.17) is 19.9 Å². The first-order chi connectivity index (χ1) is 14.2. The van der Waals surface area contributed by atoms with Crippen molar-refractivity contribution in [2.45, 2.75) is 30.7 Å². The van der Waals surface area contributed by atoms with Gasteiger partial charge in [0.05, 0.1) is 18.8 Å². The Morgan fingerprint density at radius 3 is 2.57 bits per heavy atom. The van der Waals surface area contributed by atoms with Gasteiger partial charge in [-0.15, -0.1) is 0 Å². The monoisotopic (exact) mass is 424 g/mol. The van der Waals surface area contributed by atoms with Crippen LogP contribution < -0.4 is 16.0 Å². The van der Waals surface area contributed by atoms with Crippen LogP contribution in [-0.4, -0.2) is 42.4 Å². The number of aromatic nitrogens is 1. The molecule has 0 radical (unpaired) electrons. The minimum Gasteiger partial charge on any atom is -0.491 e. The summed E-state index contributed by atoms with van der Waals surface area (Å²) < 4.78 is 57.3. The molecule has 1 unspecified atom stereocenters. The van der Waals surface area contributed by atoms with E-state index in [1.807, 2.05) is 0 Å². The van der Waals surface area contributed by atoms with Gasteiger partial charge in [-0.25, -0.2) is 0 Å². The fourth-order valence-corrected chi connectivity index (χ4v) is 3.37. The summed E-state index contributed by atoms with van der Waals surface area (Å²) in [5.41, 5.74) is 1.70. The summed E-state index contributed by atoms with van der Waals surface area (Å²) in [6.45, 7) is 1.26. The number of nitrogens with two attached hydrogens (primary N) is 1. The lowest BCUT2D eigenvalue weighted by Gasteiger charge is -2.30. The number of hydrogen-bond acceptors (Lipinski definition) is 5. The normalized spacial score (nSPS) is 20.2. The Balaban J connectivity index is 1.54. The summed E-state index contributed by atoms with van der Waals surface area (Å²) in [7, 11) is 0. The molecule has 1 aliphatic heterocycles. The Kier molecular flexibility index (Phi) is 5.07. The van der Waals surface area contributed by atoms with Crippen molar-refractivity contribution in [3.63, 3.8) is 0 Å². The van der Waals surface area contributed by atoms with Gasteiger partial charge in [0, 0.05) is 5.56 Å². The van der Waals surface area contributed by atoms with Crippen LogP contribution in [0.3, 0.4) is 0 Å². The van der Waals surface area contributed by atoms with Gasteiger partial charge in [0.15, 0.2) is 0 Å². The average Bonchev–Trinajstić information content (AvgIpc) is 3.44. The molecule has 2 heterocycles. The maximum absolute atomic E-state index is 13.4. The molecule has 2 fully saturated rings. The molecule has 0 bridgehead atoms. The number of nitrogens with one attached hydrogen (secondary N) is 1. The van der Waals surface area contributed by atoms with Crippen LogP contribution in [0.25, 0.3) is 11.1 Å². The number of hydrogen-bond donors (Lipinski definition) is 2. The smallest absolute Gasteiger partial charge is 0.431 e. The van der Waals surface area contributed by atoms with Gasteiger partial charge in [-0.3, -0.25) is 9.59 Å². The van der Waals surface area contributed by atoms with E-state index in [0.29, 0.717) is 19.0 Å². The van der Waals surface area contributed by atoms with Gasteiger partial charge in [-0.1, -0.05) is 12.1 Å². The molecule has 2 aromatic rings. The lowest BCUT2D eigenvalue weighted by Crippen LogP contribution is -2.40. The molecule has 1 saturated carbocycles. The first-order valence-corrected chi connectivity index (χ1v) is 9.30. The Hall–Kier alpha value is -2.85. The molecule has 1 amide bonds. The summed E-state index contributed by atoms with van der Waals surface area (Å²) in [5, 5.41) is 0. The van der Waals surface area contributed by atoms with E-state index < -0.39 is 28.9 Å². The maximum atomic E-state index is 13.4. The molecular formula is C20H19F3N2O5. The molecule has 1 atom stereocenters. The third-order valence-electron chi connectivity index (χ3n) is 5.08. The van der Waals surface area contributed by atoms with E-state index in [2.05, 4.69) is 0 Å². The number of rotatable bonds is 5. The minimum atomic E-state index is -4.82. The number of halogens is 3. The SMILES string of the molecule is NC(=O)c1cc(-c2ccc(OCC3COCC4(CC4)O3)cc2)c(C(F)(F)F)[nH]c1=O. The van der Waals surface area contributed by atoms with E-state index in [1.54, 1.807) is 4.98 Å². The van der Waals surface area contributed by atoms with Crippen molar-refractivity contribution in [1.29, 1.82) is 0 Å². The van der Waals surface area contributed by atoms with Crippen LogP contribution in [-0.2, 0) is 15.7 Å². The van der Waals surface area contributed by atoms with Crippen molar-refractivity contribution in [2.24, 2.45) is 5.73 Å². The van der Waals surface area contributed by atoms with Gasteiger partial charge in [-0.2, -0.15) is 13.2 Å². The molecule has 3 N–H and O–H groups in total. The predicted molar refractivity (Wildman–Crippen MR) is 99.2 cm³/mol. The number of benzene rings is 1. The van der Waals surface area contributed by atoms with E-state index in [0.717, 1.165) is 18.9 Å². The first-order valence-electron chi connectivity index (χ1n) is 9.30. The van der Waals surface area contributed by atoms with Crippen molar-refractivity contribution < 1.29 is 32.2 Å². The lowest BCUT2D eigenvalue weighted by atomic mass is 10.0. The van der Waals surface area contributed by atoms with Crippen LogP contribution in [0.1, 0.15) is 28.9 Å². The molecule has 1 spiro atoms. The first kappa shape index (κ1) is 20.4. The molecule has 1 aromatic heterocycles. The molecule has 30 heavy (non-hydrogen) atoms. The number of carbonyl (C=O) groups excluding carboxylic acids is 1. The molecule has 4 rings (SSSR count). The average molecular weight is 424 g/mol. The second-order valence-electron chi connectivity index (χ2n) is 7.44. The molecule has 1 aromatic carbocycles. The van der Waals surface area contributed by atoms with Crippen LogP contribution in [0.15, 0.2) is 35.1 Å². The summed E-state index contributed by atoms with van der Waals surface area (Å²) in [6, 6.07) is 6.66. The number of amides is 1. The van der Waals surface area contributed by atoms with E-state index >= 15 is 0 Å². The van der Waals surface area contributed by atoms with Gasteiger partial charge in [0.2, 0.25) is 0 Å². The number of aromatic amines is 1. The van der Waals surface area contributed by atoms with Crippen LogP contribution >= 0.6 is 0 Å². The number of carbonyl (C=O) groups is 1. The van der Waals surface area contributed by atoms with Crippen LogP contribution in [0.5, 0.6) is 5.75 Å². The minimum absolute atomic E-state index is 0.141. The summed E-state index contributed by atoms with van der Waals surface area (Å²) >= 11 is 0. The summed E-state index contributed by atoms with van der Waals surface area (Å²) in [5.74, 6) is -0.680. The maximum Gasteiger partial charge on any atom is 0.431 e. The zero-order chi connectivity index (χ0) is 21.5. The zero-order valence-electron chi connectivity index (χ0n) is 15.8. The lowest BCUT2D eigenvalue weighted by molar-refractivity contribution is -0.161. The Labute approximate surface area is 168 Å². The summed E-state index contributed by atoms with van der Waals surface area (Å²) in [4.78, 5) is 24.9. The third-order valence-corrected chi connectivity index (χ3v) is 5.08. The van der Waals surface area contributed by atoms with Gasteiger partial charge >= 0.3 is 6.18 Å². The van der Waals surface area contributed by atoms with Crippen molar-refractivity contribution in [3.8, 4) is 16.9 Å². The molecule has 160 valence electrons. The highest BCUT2D eigenvalue weighted by Gasteiger charge is 2.48. The van der Waals surface area contributed by atoms with Gasteiger partial charge < -0.3 is 24.9 Å². The van der Waals surface area contributed by atoms with Gasteiger partial charge in [-0.05, 0) is 36.6 Å². The molecule has 1 aliphatic carbocycles. The number of ether oxygens (including phenoxy) is 3. The van der Waals surface area contributed by atoms with Crippen molar-refractivity contribution >= 4 is 5.91 Å². The highest BCUT2D eigenvalue weighted by molar-refractivity contribution is 5.94. The number of primary amides is 1. The predicted octanol–water partition coefficient (Wildman–Crippen LogP) is 2.49. The van der Waals surface area contributed by atoms with Gasteiger partial charge in [0.1, 0.15) is 29.7 Å². The van der Waals surface area contributed by atoms with Crippen LogP contribution in [0, 0.1) is 0 Å². The highest BCUT2D eigenvalue weighted by atomic mass is 19.4. The largest absolute Gasteiger partial charge is 0.491 e. The second kappa shape index (κ2) is 7.44. The topological polar surface area (TPSA) is 104 Å². The number of H-pyrrole nitrogens is 1. The second-order valence-corrected chi connectivity index (χ2v) is 7.44. The van der Waals surface area contributed by atoms with Crippen molar-refractivity contribution in [2.75, 3.05) is 19.8 Å². The van der Waals surface area contributed by atoms with Crippen molar-refractivity contribution in [1.82, 2.24) is 4.98 Å². The molecular weight excluding hydrogens is 405 g/mol. The van der Waals surface area contributed by atoms with Crippen LogP contribution in [0.2, 0.25) is 0 Å². The van der Waals surface area contributed by atoms with Crippen molar-refractivity contribution in [3.05, 3.63) is 51.9 Å². The Bertz CT molecular complexity index is 1010. The molecule has 7 nitrogen and oxygen atoms in total. The molecule has 10 heteroatoms. The van der Waals surface area contributed by atoms with E-state index in [-0.39, 0.29) is 29.4 Å². The van der Waals surface area contributed by atoms with E-state index in [1.165, 1.54) is 24.3 Å². The third kappa shape index (κ3) is 4.19. The molecule has 2 aliphatic rings. The van der Waals surface area contributed by atoms with Crippen LogP contribution in [0.4, 0.5) is 13.2 Å².